The number of benzene rings is 1. The van der Waals surface area contributed by atoms with Crippen molar-refractivity contribution in [3.63, 3.8) is 0 Å². The molecule has 2 rings (SSSR count). The second-order valence-electron chi connectivity index (χ2n) is 7.86. The molecule has 1 aromatic carbocycles. The van der Waals surface area contributed by atoms with E-state index in [4.69, 9.17) is 5.73 Å². The maximum atomic E-state index is 13.1. The first-order valence-corrected chi connectivity index (χ1v) is 9.72. The van der Waals surface area contributed by atoms with Crippen molar-refractivity contribution in [2.45, 2.75) is 52.5 Å². The van der Waals surface area contributed by atoms with Gasteiger partial charge in [0.2, 0.25) is 11.8 Å². The maximum Gasteiger partial charge on any atom is 0.251 e. The molecule has 148 valence electrons. The lowest BCUT2D eigenvalue weighted by molar-refractivity contribution is -0.136. The Labute approximate surface area is 161 Å². The van der Waals surface area contributed by atoms with Crippen LogP contribution in [0.3, 0.4) is 0 Å². The van der Waals surface area contributed by atoms with Crippen LogP contribution in [0.5, 0.6) is 0 Å². The van der Waals surface area contributed by atoms with Crippen LogP contribution >= 0.6 is 0 Å². The summed E-state index contributed by atoms with van der Waals surface area (Å²) < 4.78 is 0. The molecule has 2 atom stereocenters. The Bertz CT molecular complexity index is 687. The largest absolute Gasteiger partial charge is 0.370 e. The van der Waals surface area contributed by atoms with E-state index in [9.17, 15) is 14.4 Å². The van der Waals surface area contributed by atoms with Crippen LogP contribution in [-0.4, -0.2) is 41.8 Å². The average Bonchev–Trinajstić information content (AvgIpc) is 2.63. The van der Waals surface area contributed by atoms with Gasteiger partial charge in [0.1, 0.15) is 6.04 Å². The fourth-order valence-corrected chi connectivity index (χ4v) is 3.57. The van der Waals surface area contributed by atoms with Gasteiger partial charge in [-0.3, -0.25) is 14.4 Å². The highest BCUT2D eigenvalue weighted by Gasteiger charge is 2.32. The van der Waals surface area contributed by atoms with E-state index in [1.165, 1.54) is 0 Å². The SMILES string of the molecule is Cc1cccc(C(=O)NC(C(=O)N2CCCC(CCC(N)=O)C2)C(C)C)c1. The normalized spacial score (nSPS) is 18.2. The van der Waals surface area contributed by atoms with Crippen LogP contribution in [0.15, 0.2) is 24.3 Å². The minimum atomic E-state index is -0.562. The molecule has 6 nitrogen and oxygen atoms in total. The first-order chi connectivity index (χ1) is 12.8. The highest BCUT2D eigenvalue weighted by molar-refractivity contribution is 5.97. The van der Waals surface area contributed by atoms with Crippen molar-refractivity contribution >= 4 is 17.7 Å². The number of hydrogen-bond donors (Lipinski definition) is 2. The van der Waals surface area contributed by atoms with Gasteiger partial charge < -0.3 is 16.0 Å². The number of aryl methyl sites for hydroxylation is 1. The molecule has 0 spiro atoms. The van der Waals surface area contributed by atoms with E-state index >= 15 is 0 Å². The summed E-state index contributed by atoms with van der Waals surface area (Å²) in [6.07, 6.45) is 2.97. The summed E-state index contributed by atoms with van der Waals surface area (Å²) in [7, 11) is 0. The zero-order valence-corrected chi connectivity index (χ0v) is 16.5. The summed E-state index contributed by atoms with van der Waals surface area (Å²) in [6.45, 7) is 7.12. The van der Waals surface area contributed by atoms with Crippen molar-refractivity contribution in [3.05, 3.63) is 35.4 Å². The first-order valence-electron chi connectivity index (χ1n) is 9.72. The molecule has 1 heterocycles. The Morgan fingerprint density at radius 3 is 2.67 bits per heavy atom. The maximum absolute atomic E-state index is 13.1. The van der Waals surface area contributed by atoms with Gasteiger partial charge >= 0.3 is 0 Å². The Morgan fingerprint density at radius 1 is 1.30 bits per heavy atom. The van der Waals surface area contributed by atoms with Gasteiger partial charge in [-0.15, -0.1) is 0 Å². The number of nitrogens with one attached hydrogen (secondary N) is 1. The molecule has 1 fully saturated rings. The van der Waals surface area contributed by atoms with Gasteiger partial charge in [-0.25, -0.2) is 0 Å². The molecule has 3 N–H and O–H groups in total. The molecule has 0 aromatic heterocycles. The molecule has 6 heteroatoms. The minimum Gasteiger partial charge on any atom is -0.370 e. The van der Waals surface area contributed by atoms with Crippen molar-refractivity contribution in [1.82, 2.24) is 10.2 Å². The predicted molar refractivity (Wildman–Crippen MR) is 105 cm³/mol. The van der Waals surface area contributed by atoms with Crippen molar-refractivity contribution < 1.29 is 14.4 Å². The molecule has 1 aliphatic heterocycles. The van der Waals surface area contributed by atoms with Gasteiger partial charge in [-0.05, 0) is 50.2 Å². The number of nitrogens with two attached hydrogens (primary N) is 1. The molecule has 27 heavy (non-hydrogen) atoms. The molecule has 2 unspecified atom stereocenters. The van der Waals surface area contributed by atoms with Crippen molar-refractivity contribution in [1.29, 1.82) is 0 Å². The Hall–Kier alpha value is -2.37. The molecule has 0 radical (unpaired) electrons. The summed E-state index contributed by atoms with van der Waals surface area (Å²) in [5.74, 6) is -0.306. The van der Waals surface area contributed by atoms with Gasteiger partial charge in [-0.2, -0.15) is 0 Å². The fraction of sp³-hybridized carbons (Fsp3) is 0.571. The third-order valence-electron chi connectivity index (χ3n) is 5.13. The summed E-state index contributed by atoms with van der Waals surface area (Å²) in [4.78, 5) is 38.5. The summed E-state index contributed by atoms with van der Waals surface area (Å²) in [5, 5.41) is 2.92. The number of carbonyl (C=O) groups is 3. The van der Waals surface area contributed by atoms with Crippen LogP contribution in [0.4, 0.5) is 0 Å². The summed E-state index contributed by atoms with van der Waals surface area (Å²) in [5.41, 5.74) is 6.81. The monoisotopic (exact) mass is 373 g/mol. The molecular weight excluding hydrogens is 342 g/mol. The number of amides is 3. The number of hydrogen-bond acceptors (Lipinski definition) is 3. The molecule has 1 aliphatic rings. The molecule has 0 bridgehead atoms. The van der Waals surface area contributed by atoms with Crippen LogP contribution in [0, 0.1) is 18.8 Å². The molecule has 1 aromatic rings. The van der Waals surface area contributed by atoms with Crippen LogP contribution in [0.25, 0.3) is 0 Å². The van der Waals surface area contributed by atoms with Gasteiger partial charge in [0.25, 0.3) is 5.91 Å². The number of primary amides is 1. The number of likely N-dealkylation sites (tertiary alicyclic amines) is 1. The summed E-state index contributed by atoms with van der Waals surface area (Å²) in [6, 6.07) is 6.78. The number of piperidine rings is 1. The zero-order chi connectivity index (χ0) is 20.0. The van der Waals surface area contributed by atoms with Gasteiger partial charge in [0, 0.05) is 25.1 Å². The Kier molecular flexibility index (Phi) is 7.39. The second-order valence-corrected chi connectivity index (χ2v) is 7.86. The van der Waals surface area contributed by atoms with Gasteiger partial charge in [0.05, 0.1) is 0 Å². The third-order valence-corrected chi connectivity index (χ3v) is 5.13. The van der Waals surface area contributed by atoms with Crippen molar-refractivity contribution in [2.24, 2.45) is 17.6 Å². The summed E-state index contributed by atoms with van der Waals surface area (Å²) >= 11 is 0. The van der Waals surface area contributed by atoms with Crippen molar-refractivity contribution in [3.8, 4) is 0 Å². The standard InChI is InChI=1S/C21H31N3O3/c1-14(2)19(23-20(26)17-8-4-6-15(3)12-17)21(27)24-11-5-7-16(13-24)9-10-18(22)25/h4,6,8,12,14,16,19H,5,7,9-11,13H2,1-3H3,(H2,22,25)(H,23,26). The number of rotatable bonds is 7. The molecule has 0 aliphatic carbocycles. The Balaban J connectivity index is 2.03. The molecule has 0 saturated carbocycles. The molecule has 3 amide bonds. The third kappa shape index (κ3) is 6.08. The van der Waals surface area contributed by atoms with E-state index in [0.29, 0.717) is 31.5 Å². The second kappa shape index (κ2) is 9.53. The van der Waals surface area contributed by atoms with Crippen LogP contribution in [0.2, 0.25) is 0 Å². The van der Waals surface area contributed by atoms with E-state index < -0.39 is 6.04 Å². The zero-order valence-electron chi connectivity index (χ0n) is 16.5. The first kappa shape index (κ1) is 20.9. The lowest BCUT2D eigenvalue weighted by atomic mass is 9.92. The Morgan fingerprint density at radius 2 is 2.04 bits per heavy atom. The highest BCUT2D eigenvalue weighted by atomic mass is 16.2. The smallest absolute Gasteiger partial charge is 0.251 e. The lowest BCUT2D eigenvalue weighted by Gasteiger charge is -2.36. The van der Waals surface area contributed by atoms with Gasteiger partial charge in [-0.1, -0.05) is 31.5 Å². The van der Waals surface area contributed by atoms with E-state index in [-0.39, 0.29) is 29.6 Å². The van der Waals surface area contributed by atoms with Gasteiger partial charge in [0.15, 0.2) is 0 Å². The lowest BCUT2D eigenvalue weighted by Crippen LogP contribution is -2.53. The quantitative estimate of drug-likeness (QED) is 0.768. The van der Waals surface area contributed by atoms with E-state index in [1.54, 1.807) is 6.07 Å². The topological polar surface area (TPSA) is 92.5 Å². The van der Waals surface area contributed by atoms with Crippen LogP contribution < -0.4 is 11.1 Å². The van der Waals surface area contributed by atoms with E-state index in [2.05, 4.69) is 5.32 Å². The molecular formula is C21H31N3O3. The predicted octanol–water partition coefficient (Wildman–Crippen LogP) is 2.25. The fourth-order valence-electron chi connectivity index (χ4n) is 3.57. The number of nitrogens with zero attached hydrogens (tertiary/aromatic N) is 1. The van der Waals surface area contributed by atoms with E-state index in [0.717, 1.165) is 18.4 Å². The van der Waals surface area contributed by atoms with E-state index in [1.807, 2.05) is 43.9 Å². The number of carbonyl (C=O) groups excluding carboxylic acids is 3. The highest BCUT2D eigenvalue weighted by Crippen LogP contribution is 2.22. The van der Waals surface area contributed by atoms with Crippen LogP contribution in [0.1, 0.15) is 55.5 Å². The van der Waals surface area contributed by atoms with Crippen molar-refractivity contribution in [2.75, 3.05) is 13.1 Å². The van der Waals surface area contributed by atoms with Crippen LogP contribution in [-0.2, 0) is 9.59 Å². The molecule has 1 saturated heterocycles. The average molecular weight is 373 g/mol. The minimum absolute atomic E-state index is 0.0164.